The number of carbonyl (C=O) groups is 2. The van der Waals surface area contributed by atoms with Crippen molar-refractivity contribution >= 4 is 28.8 Å². The number of rotatable bonds is 3. The lowest BCUT2D eigenvalue weighted by atomic mass is 9.60. The van der Waals surface area contributed by atoms with Gasteiger partial charge in [0, 0.05) is 24.2 Å². The fourth-order valence-electron chi connectivity index (χ4n) is 9.66. The number of anilines is 1. The summed E-state index contributed by atoms with van der Waals surface area (Å²) in [6.07, 6.45) is 8.52. The third-order valence-corrected chi connectivity index (χ3v) is 11.6. The maximum atomic E-state index is 14.1. The third-order valence-electron chi connectivity index (χ3n) is 11.6. The van der Waals surface area contributed by atoms with Crippen LogP contribution in [0.1, 0.15) is 78.7 Å². The van der Waals surface area contributed by atoms with Crippen molar-refractivity contribution < 1.29 is 9.59 Å². The van der Waals surface area contributed by atoms with Gasteiger partial charge in [-0.15, -0.1) is 0 Å². The van der Waals surface area contributed by atoms with Gasteiger partial charge in [-0.05, 0) is 92.6 Å². The number of aromatic nitrogens is 2. The fourth-order valence-corrected chi connectivity index (χ4v) is 9.66. The number of piperidine rings is 2. The molecule has 214 valence electrons. The highest BCUT2D eigenvalue weighted by Gasteiger charge is 2.51. The summed E-state index contributed by atoms with van der Waals surface area (Å²) in [7, 11) is 0. The highest BCUT2D eigenvalue weighted by atomic mass is 16.2. The largest absolute Gasteiger partial charge is 0.330 e. The Morgan fingerprint density at radius 3 is 2.00 bits per heavy atom. The minimum absolute atomic E-state index is 0.0258. The Labute approximate surface area is 236 Å². The van der Waals surface area contributed by atoms with E-state index in [4.69, 9.17) is 0 Å². The third kappa shape index (κ3) is 4.12. The van der Waals surface area contributed by atoms with Crippen molar-refractivity contribution in [2.45, 2.75) is 96.8 Å². The number of urea groups is 1. The lowest BCUT2D eigenvalue weighted by molar-refractivity contribution is -0.117. The van der Waals surface area contributed by atoms with Crippen molar-refractivity contribution in [1.82, 2.24) is 19.8 Å². The smallest absolute Gasteiger partial charge is 0.300 e. The first-order valence-electron chi connectivity index (χ1n) is 15.6. The van der Waals surface area contributed by atoms with Gasteiger partial charge in [-0.1, -0.05) is 39.8 Å². The van der Waals surface area contributed by atoms with Crippen molar-refractivity contribution in [3.63, 3.8) is 0 Å². The fraction of sp³-hybridized carbons (Fsp3) is 0.688. The van der Waals surface area contributed by atoms with Gasteiger partial charge in [0.25, 0.3) is 5.56 Å². The van der Waals surface area contributed by atoms with Crippen LogP contribution in [0.5, 0.6) is 0 Å². The van der Waals surface area contributed by atoms with Gasteiger partial charge in [-0.2, -0.15) is 0 Å². The quantitative estimate of drug-likeness (QED) is 0.551. The highest BCUT2D eigenvalue weighted by molar-refractivity contribution is 6.11. The Morgan fingerprint density at radius 2 is 1.38 bits per heavy atom. The van der Waals surface area contributed by atoms with Gasteiger partial charge >= 0.3 is 6.03 Å². The SMILES string of the molecule is CC1CC(C)C2CC1CC(N1C3C[C@@H](n4c(=O)c(N5CC(=O)NC5=O)nc5ccccc54)C[C@@H]1C(C)CC3C)C2. The number of nitrogens with zero attached hydrogens (tertiary/aromatic N) is 4. The minimum Gasteiger partial charge on any atom is -0.300 e. The van der Waals surface area contributed by atoms with Gasteiger partial charge in [0.05, 0.1) is 11.0 Å². The molecule has 0 spiro atoms. The molecule has 40 heavy (non-hydrogen) atoms. The van der Waals surface area contributed by atoms with E-state index in [1.165, 1.54) is 37.0 Å². The highest BCUT2D eigenvalue weighted by Crippen LogP contribution is 2.52. The predicted octanol–water partition coefficient (Wildman–Crippen LogP) is 4.96. The molecule has 9 atom stereocenters. The second-order valence-electron chi connectivity index (χ2n) is 14.0. The van der Waals surface area contributed by atoms with Crippen molar-refractivity contribution in [3.8, 4) is 0 Å². The van der Waals surface area contributed by atoms with Gasteiger partial charge in [-0.25, -0.2) is 9.78 Å². The zero-order chi connectivity index (χ0) is 27.9. The standard InChI is InChI=1S/C32H43N5O3/c1-17-9-18(2)22-11-21(17)12-23(13-22)36-27-14-24(15-28(36)20(4)10-19(27)3)37-26-8-6-5-7-25(26)33-30(31(37)39)35-16-29(38)34-32(35)40/h5-8,17-24,27-28H,9-16H2,1-4H3,(H,34,38,40)/t17?,18?,19?,20?,21?,22?,23?,24-,27+,28?/m0/s1. The van der Waals surface area contributed by atoms with Crippen LogP contribution in [0.4, 0.5) is 10.6 Å². The molecule has 5 aliphatic rings. The molecule has 3 saturated heterocycles. The van der Waals surface area contributed by atoms with E-state index in [2.05, 4.69) is 42.9 Å². The van der Waals surface area contributed by atoms with Crippen molar-refractivity contribution in [2.24, 2.45) is 35.5 Å². The summed E-state index contributed by atoms with van der Waals surface area (Å²) in [6, 6.07) is 8.70. The zero-order valence-corrected chi connectivity index (χ0v) is 24.3. The number of amides is 3. The van der Waals surface area contributed by atoms with Crippen LogP contribution in [0.3, 0.4) is 0 Å². The van der Waals surface area contributed by atoms with Crippen LogP contribution < -0.4 is 15.8 Å². The molecular weight excluding hydrogens is 502 g/mol. The van der Waals surface area contributed by atoms with Crippen molar-refractivity contribution in [3.05, 3.63) is 34.6 Å². The topological polar surface area (TPSA) is 87.5 Å². The van der Waals surface area contributed by atoms with Crippen LogP contribution >= 0.6 is 0 Å². The summed E-state index contributed by atoms with van der Waals surface area (Å²) >= 11 is 0. The molecule has 4 bridgehead atoms. The maximum Gasteiger partial charge on any atom is 0.330 e. The van der Waals surface area contributed by atoms with E-state index in [0.717, 1.165) is 42.0 Å². The summed E-state index contributed by atoms with van der Waals surface area (Å²) < 4.78 is 1.93. The summed E-state index contributed by atoms with van der Waals surface area (Å²) in [5.41, 5.74) is 1.23. The number of hydrogen-bond donors (Lipinski definition) is 1. The molecule has 4 heterocycles. The van der Waals surface area contributed by atoms with E-state index in [1.807, 2.05) is 28.8 Å². The molecule has 0 radical (unpaired) electrons. The first kappa shape index (κ1) is 26.2. The first-order chi connectivity index (χ1) is 19.2. The predicted molar refractivity (Wildman–Crippen MR) is 155 cm³/mol. The minimum atomic E-state index is -0.573. The van der Waals surface area contributed by atoms with E-state index in [-0.39, 0.29) is 24.0 Å². The lowest BCUT2D eigenvalue weighted by Crippen LogP contribution is -2.63. The molecule has 8 nitrogen and oxygen atoms in total. The van der Waals surface area contributed by atoms with Crippen LogP contribution in [0, 0.1) is 35.5 Å². The number of nitrogens with one attached hydrogen (secondary N) is 1. The zero-order valence-electron chi connectivity index (χ0n) is 24.3. The molecule has 5 fully saturated rings. The molecule has 2 saturated carbocycles. The van der Waals surface area contributed by atoms with E-state index in [9.17, 15) is 14.4 Å². The van der Waals surface area contributed by atoms with E-state index in [1.54, 1.807) is 0 Å². The summed E-state index contributed by atoms with van der Waals surface area (Å²) in [4.78, 5) is 47.4. The molecule has 7 rings (SSSR count). The number of imide groups is 1. The van der Waals surface area contributed by atoms with Gasteiger partial charge in [0.2, 0.25) is 11.7 Å². The number of para-hydroxylation sites is 2. The maximum absolute atomic E-state index is 14.1. The Morgan fingerprint density at radius 1 is 0.750 bits per heavy atom. The van der Waals surface area contributed by atoms with Crippen LogP contribution in [0.2, 0.25) is 0 Å². The normalized spacial score (nSPS) is 40.0. The summed E-state index contributed by atoms with van der Waals surface area (Å²) in [5, 5.41) is 2.30. The number of carbonyl (C=O) groups excluding carboxylic acids is 2. The molecule has 2 aliphatic carbocycles. The number of fused-ring (bicyclic) bond motifs is 5. The summed E-state index contributed by atoms with van der Waals surface area (Å²) in [5.74, 6) is 4.09. The number of hydrogen-bond acceptors (Lipinski definition) is 5. The Hall–Kier alpha value is -2.74. The lowest BCUT2D eigenvalue weighted by Gasteiger charge is -2.60. The van der Waals surface area contributed by atoms with Gasteiger partial charge in [0.1, 0.15) is 6.54 Å². The molecule has 1 aromatic carbocycles. The van der Waals surface area contributed by atoms with Gasteiger partial charge in [0.15, 0.2) is 0 Å². The van der Waals surface area contributed by atoms with E-state index >= 15 is 0 Å². The van der Waals surface area contributed by atoms with Crippen molar-refractivity contribution in [1.29, 1.82) is 0 Å². The van der Waals surface area contributed by atoms with Crippen LogP contribution in [-0.4, -0.2) is 51.1 Å². The first-order valence-corrected chi connectivity index (χ1v) is 15.6. The van der Waals surface area contributed by atoms with E-state index < -0.39 is 11.9 Å². The molecule has 3 aliphatic heterocycles. The average Bonchev–Trinajstić information content (AvgIpc) is 3.27. The Balaban J connectivity index is 1.27. The van der Waals surface area contributed by atoms with Gasteiger partial charge < -0.3 is 4.57 Å². The second-order valence-corrected chi connectivity index (χ2v) is 14.0. The molecule has 8 heteroatoms. The van der Waals surface area contributed by atoms with Crippen LogP contribution in [0.15, 0.2) is 29.1 Å². The molecule has 1 N–H and O–H groups in total. The number of benzene rings is 1. The van der Waals surface area contributed by atoms with E-state index in [0.29, 0.717) is 35.5 Å². The average molecular weight is 546 g/mol. The molecular formula is C32H43N5O3. The molecule has 7 unspecified atom stereocenters. The van der Waals surface area contributed by atoms with Crippen molar-refractivity contribution in [2.75, 3.05) is 11.4 Å². The molecule has 2 aromatic rings. The monoisotopic (exact) mass is 545 g/mol. The molecule has 3 amide bonds. The summed E-state index contributed by atoms with van der Waals surface area (Å²) in [6.45, 7) is 9.62. The van der Waals surface area contributed by atoms with Crippen LogP contribution in [0.25, 0.3) is 11.0 Å². The van der Waals surface area contributed by atoms with Gasteiger partial charge in [-0.3, -0.25) is 24.7 Å². The van der Waals surface area contributed by atoms with Crippen LogP contribution in [-0.2, 0) is 4.79 Å². The Kier molecular flexibility index (Phi) is 6.33. The molecule has 1 aromatic heterocycles. The second kappa shape index (κ2) is 9.68. The Bertz CT molecular complexity index is 1370.